The van der Waals surface area contributed by atoms with E-state index in [0.717, 1.165) is 32.2 Å². The Balaban J connectivity index is 2.18. The van der Waals surface area contributed by atoms with Gasteiger partial charge in [-0.3, -0.25) is 4.68 Å². The third kappa shape index (κ3) is 3.62. The van der Waals surface area contributed by atoms with Gasteiger partial charge in [0.1, 0.15) is 0 Å². The molecule has 2 rings (SSSR count). The molecule has 0 spiro atoms. The van der Waals surface area contributed by atoms with E-state index >= 15 is 0 Å². The number of allylic oxidation sites excluding steroid dienone is 2. The summed E-state index contributed by atoms with van der Waals surface area (Å²) in [6, 6.07) is 2.25. The van der Waals surface area contributed by atoms with Crippen LogP contribution in [-0.4, -0.2) is 15.2 Å². The lowest BCUT2D eigenvalue weighted by Crippen LogP contribution is -2.23. The molecule has 0 bridgehead atoms. The minimum atomic E-state index is 0.183. The van der Waals surface area contributed by atoms with Gasteiger partial charge in [-0.1, -0.05) is 32.4 Å². The zero-order valence-electron chi connectivity index (χ0n) is 12.5. The number of nitrogens with zero attached hydrogens (tertiary/aromatic N) is 2. The molecule has 1 aromatic heterocycles. The summed E-state index contributed by atoms with van der Waals surface area (Å²) in [6.07, 6.45) is 6.47. The number of alkyl halides is 1. The number of hydrogen-bond acceptors (Lipinski definition) is 1. The van der Waals surface area contributed by atoms with Crippen molar-refractivity contribution >= 4 is 11.6 Å². The van der Waals surface area contributed by atoms with E-state index in [1.54, 1.807) is 0 Å². The Morgan fingerprint density at radius 3 is 2.74 bits per heavy atom. The van der Waals surface area contributed by atoms with Crippen molar-refractivity contribution < 1.29 is 0 Å². The van der Waals surface area contributed by atoms with Crippen LogP contribution in [0.15, 0.2) is 17.7 Å². The van der Waals surface area contributed by atoms with Crippen LogP contribution in [0.1, 0.15) is 51.9 Å². The largest absolute Gasteiger partial charge is 0.269 e. The second-order valence-corrected chi connectivity index (χ2v) is 6.92. The van der Waals surface area contributed by atoms with E-state index in [0.29, 0.717) is 5.41 Å². The van der Waals surface area contributed by atoms with E-state index in [9.17, 15) is 0 Å². The van der Waals surface area contributed by atoms with Crippen molar-refractivity contribution in [1.82, 2.24) is 9.78 Å². The van der Waals surface area contributed by atoms with Crippen molar-refractivity contribution in [3.8, 4) is 0 Å². The second kappa shape index (κ2) is 5.70. The van der Waals surface area contributed by atoms with Gasteiger partial charge in [-0.2, -0.15) is 5.10 Å². The van der Waals surface area contributed by atoms with Crippen LogP contribution in [0.5, 0.6) is 0 Å². The first-order chi connectivity index (χ1) is 8.93. The highest BCUT2D eigenvalue weighted by molar-refractivity contribution is 6.21. The van der Waals surface area contributed by atoms with E-state index in [1.807, 2.05) is 0 Å². The van der Waals surface area contributed by atoms with Crippen LogP contribution >= 0.6 is 11.6 Å². The van der Waals surface area contributed by atoms with E-state index in [-0.39, 0.29) is 5.38 Å². The Kier molecular flexibility index (Phi) is 4.39. The topological polar surface area (TPSA) is 17.8 Å². The van der Waals surface area contributed by atoms with Crippen molar-refractivity contribution in [3.05, 3.63) is 29.1 Å². The molecule has 0 saturated heterocycles. The molecule has 106 valence electrons. The predicted molar refractivity (Wildman–Crippen MR) is 81.7 cm³/mol. The molecule has 1 aliphatic carbocycles. The summed E-state index contributed by atoms with van der Waals surface area (Å²) >= 11 is 6.37. The van der Waals surface area contributed by atoms with Crippen molar-refractivity contribution in [2.45, 2.75) is 65.3 Å². The average molecular weight is 281 g/mol. The van der Waals surface area contributed by atoms with Gasteiger partial charge >= 0.3 is 0 Å². The number of aromatic nitrogens is 2. The lowest BCUT2D eigenvalue weighted by molar-refractivity contribution is 0.320. The zero-order chi connectivity index (χ0) is 14.0. The van der Waals surface area contributed by atoms with E-state index in [2.05, 4.69) is 49.6 Å². The first kappa shape index (κ1) is 14.6. The number of rotatable bonds is 4. The second-order valence-electron chi connectivity index (χ2n) is 6.36. The molecule has 0 aliphatic heterocycles. The third-order valence-corrected chi connectivity index (χ3v) is 4.13. The van der Waals surface area contributed by atoms with Crippen LogP contribution in [0.4, 0.5) is 0 Å². The van der Waals surface area contributed by atoms with Gasteiger partial charge in [-0.25, -0.2) is 0 Å². The SMILES string of the molecule is CCc1cc(CC2=CC(Cl)CC(C)(C)C2)n(CC)n1. The molecule has 2 nitrogen and oxygen atoms in total. The van der Waals surface area contributed by atoms with Crippen molar-refractivity contribution in [2.75, 3.05) is 0 Å². The van der Waals surface area contributed by atoms with Crippen LogP contribution in [0, 0.1) is 5.41 Å². The Morgan fingerprint density at radius 2 is 2.16 bits per heavy atom. The summed E-state index contributed by atoms with van der Waals surface area (Å²) in [5, 5.41) is 4.81. The fraction of sp³-hybridized carbons (Fsp3) is 0.688. The molecule has 0 aromatic carbocycles. The lowest BCUT2D eigenvalue weighted by atomic mass is 9.76. The Bertz CT molecular complexity index is 471. The van der Waals surface area contributed by atoms with Crippen LogP contribution in [0.3, 0.4) is 0 Å². The molecular weight excluding hydrogens is 256 g/mol. The highest BCUT2D eigenvalue weighted by atomic mass is 35.5. The minimum absolute atomic E-state index is 0.183. The third-order valence-electron chi connectivity index (χ3n) is 3.85. The normalized spacial score (nSPS) is 22.4. The summed E-state index contributed by atoms with van der Waals surface area (Å²) in [7, 11) is 0. The van der Waals surface area contributed by atoms with Crippen LogP contribution in [0.2, 0.25) is 0 Å². The molecule has 19 heavy (non-hydrogen) atoms. The van der Waals surface area contributed by atoms with E-state index < -0.39 is 0 Å². The quantitative estimate of drug-likeness (QED) is 0.592. The van der Waals surface area contributed by atoms with Gasteiger partial charge in [0.15, 0.2) is 0 Å². The van der Waals surface area contributed by atoms with Gasteiger partial charge in [-0.15, -0.1) is 11.6 Å². The minimum Gasteiger partial charge on any atom is -0.269 e. The monoisotopic (exact) mass is 280 g/mol. The Labute approximate surface area is 121 Å². The first-order valence-corrected chi connectivity index (χ1v) is 7.76. The fourth-order valence-corrected chi connectivity index (χ4v) is 3.64. The molecule has 0 N–H and O–H groups in total. The Hall–Kier alpha value is -0.760. The maximum absolute atomic E-state index is 6.37. The van der Waals surface area contributed by atoms with Crippen LogP contribution < -0.4 is 0 Å². The van der Waals surface area contributed by atoms with Gasteiger partial charge in [0.05, 0.1) is 11.1 Å². The van der Waals surface area contributed by atoms with Gasteiger partial charge in [0.25, 0.3) is 0 Å². The summed E-state index contributed by atoms with van der Waals surface area (Å²) in [6.45, 7) is 9.87. The number of hydrogen-bond donors (Lipinski definition) is 0. The molecule has 0 amide bonds. The first-order valence-electron chi connectivity index (χ1n) is 7.32. The Morgan fingerprint density at radius 1 is 1.42 bits per heavy atom. The van der Waals surface area contributed by atoms with Crippen molar-refractivity contribution in [3.63, 3.8) is 0 Å². The summed E-state index contributed by atoms with van der Waals surface area (Å²) in [5.41, 5.74) is 4.30. The average Bonchev–Trinajstić information content (AvgIpc) is 2.68. The molecule has 1 atom stereocenters. The lowest BCUT2D eigenvalue weighted by Gasteiger charge is -2.32. The van der Waals surface area contributed by atoms with E-state index in [1.165, 1.54) is 17.0 Å². The van der Waals surface area contributed by atoms with Crippen molar-refractivity contribution in [1.29, 1.82) is 0 Å². The summed E-state index contributed by atoms with van der Waals surface area (Å²) < 4.78 is 2.13. The molecule has 0 radical (unpaired) electrons. The smallest absolute Gasteiger partial charge is 0.0624 e. The maximum Gasteiger partial charge on any atom is 0.0624 e. The highest BCUT2D eigenvalue weighted by Crippen LogP contribution is 2.38. The highest BCUT2D eigenvalue weighted by Gasteiger charge is 2.28. The number of halogens is 1. The molecule has 1 aliphatic rings. The molecule has 1 heterocycles. The number of aryl methyl sites for hydroxylation is 2. The van der Waals surface area contributed by atoms with Crippen LogP contribution in [0.25, 0.3) is 0 Å². The molecular formula is C16H25ClN2. The van der Waals surface area contributed by atoms with Crippen molar-refractivity contribution in [2.24, 2.45) is 5.41 Å². The zero-order valence-corrected chi connectivity index (χ0v) is 13.3. The van der Waals surface area contributed by atoms with Gasteiger partial charge < -0.3 is 0 Å². The predicted octanol–water partition coefficient (Wildman–Crippen LogP) is 4.36. The molecule has 3 heteroatoms. The van der Waals surface area contributed by atoms with Gasteiger partial charge in [0, 0.05) is 18.7 Å². The molecule has 1 unspecified atom stereocenters. The molecule has 0 fully saturated rings. The van der Waals surface area contributed by atoms with Gasteiger partial charge in [-0.05, 0) is 37.7 Å². The van der Waals surface area contributed by atoms with Gasteiger partial charge in [0.2, 0.25) is 0 Å². The summed E-state index contributed by atoms with van der Waals surface area (Å²) in [5.74, 6) is 0. The fourth-order valence-electron chi connectivity index (χ4n) is 3.05. The molecule has 0 saturated carbocycles. The maximum atomic E-state index is 6.37. The molecule has 1 aromatic rings. The standard InChI is InChI=1S/C16H25ClN2/c1-5-14-9-15(19(6-2)18-14)8-12-7-13(17)11-16(3,4)10-12/h7,9,13H,5-6,8,10-11H2,1-4H3. The van der Waals surface area contributed by atoms with Crippen LogP contribution in [-0.2, 0) is 19.4 Å². The summed E-state index contributed by atoms with van der Waals surface area (Å²) in [4.78, 5) is 0. The van der Waals surface area contributed by atoms with E-state index in [4.69, 9.17) is 11.6 Å².